The Labute approximate surface area is 182 Å². The van der Waals surface area contributed by atoms with Crippen LogP contribution in [0.15, 0.2) is 109 Å². The molecule has 0 unspecified atom stereocenters. The summed E-state index contributed by atoms with van der Waals surface area (Å²) in [5, 5.41) is 12.8. The lowest BCUT2D eigenvalue weighted by Gasteiger charge is -2.47. The third-order valence-electron chi connectivity index (χ3n) is 5.95. The number of para-hydroxylation sites is 1. The van der Waals surface area contributed by atoms with E-state index >= 15 is 0 Å². The number of hydrogen-bond acceptors (Lipinski definition) is 2. The maximum atomic E-state index is 12.1. The van der Waals surface area contributed by atoms with Crippen LogP contribution in [0.3, 0.4) is 0 Å². The molecule has 5 rings (SSSR count). The van der Waals surface area contributed by atoms with Gasteiger partial charge in [0.05, 0.1) is 6.04 Å². The SMILES string of the molecule is O[C@@]1(c2ccccc2)C[C@H](c2ccccc2)N(c2ccc(Cl)cc2)c2ccccc21. The van der Waals surface area contributed by atoms with Crippen LogP contribution in [0.5, 0.6) is 0 Å². The summed E-state index contributed by atoms with van der Waals surface area (Å²) in [6.45, 7) is 0. The third kappa shape index (κ3) is 3.19. The predicted molar refractivity (Wildman–Crippen MR) is 123 cm³/mol. The van der Waals surface area contributed by atoms with Crippen molar-refractivity contribution in [3.05, 3.63) is 131 Å². The van der Waals surface area contributed by atoms with E-state index in [1.54, 1.807) is 0 Å². The molecule has 0 aliphatic carbocycles. The molecular formula is C27H22ClNO. The lowest BCUT2D eigenvalue weighted by atomic mass is 9.75. The maximum Gasteiger partial charge on any atom is 0.119 e. The molecule has 0 radical (unpaired) electrons. The van der Waals surface area contributed by atoms with Gasteiger partial charge in [0.1, 0.15) is 5.60 Å². The first-order valence-electron chi connectivity index (χ1n) is 10.1. The van der Waals surface area contributed by atoms with Crippen molar-refractivity contribution in [2.75, 3.05) is 4.90 Å². The van der Waals surface area contributed by atoms with Gasteiger partial charge in [0.15, 0.2) is 0 Å². The first-order valence-corrected chi connectivity index (χ1v) is 10.5. The van der Waals surface area contributed by atoms with Crippen LogP contribution < -0.4 is 4.90 Å². The van der Waals surface area contributed by atoms with Crippen LogP contribution in [0.25, 0.3) is 0 Å². The number of rotatable bonds is 3. The highest BCUT2D eigenvalue weighted by molar-refractivity contribution is 6.30. The van der Waals surface area contributed by atoms with Gasteiger partial charge in [-0.2, -0.15) is 0 Å². The standard InChI is InChI=1S/C27H22ClNO/c28-22-15-17-23(18-16-22)29-25-14-8-7-13-24(25)27(30,21-11-5-2-6-12-21)19-26(29)20-9-3-1-4-10-20/h1-18,26,30H,19H2/t26-,27-/m1/s1. The highest BCUT2D eigenvalue weighted by Gasteiger charge is 2.44. The zero-order valence-electron chi connectivity index (χ0n) is 16.4. The van der Waals surface area contributed by atoms with Crippen molar-refractivity contribution in [3.8, 4) is 0 Å². The molecule has 1 aliphatic rings. The largest absolute Gasteiger partial charge is 0.380 e. The Morgan fingerprint density at radius 1 is 0.733 bits per heavy atom. The summed E-state index contributed by atoms with van der Waals surface area (Å²) in [5.41, 5.74) is 3.97. The average Bonchev–Trinajstić information content (AvgIpc) is 2.81. The van der Waals surface area contributed by atoms with Crippen molar-refractivity contribution < 1.29 is 5.11 Å². The van der Waals surface area contributed by atoms with Crippen molar-refractivity contribution in [2.24, 2.45) is 0 Å². The summed E-state index contributed by atoms with van der Waals surface area (Å²) in [6, 6.07) is 36.4. The number of halogens is 1. The Kier molecular flexibility index (Phi) is 4.82. The summed E-state index contributed by atoms with van der Waals surface area (Å²) in [5.74, 6) is 0. The molecule has 2 atom stereocenters. The number of aliphatic hydroxyl groups is 1. The molecule has 148 valence electrons. The zero-order valence-corrected chi connectivity index (χ0v) is 17.2. The fourth-order valence-corrected chi connectivity index (χ4v) is 4.66. The normalized spacial score (nSPS) is 20.6. The van der Waals surface area contributed by atoms with Gasteiger partial charge in [0.2, 0.25) is 0 Å². The molecule has 0 amide bonds. The second-order valence-corrected chi connectivity index (χ2v) is 8.16. The molecule has 0 saturated heterocycles. The minimum Gasteiger partial charge on any atom is -0.380 e. The van der Waals surface area contributed by atoms with Crippen LogP contribution in [0.4, 0.5) is 11.4 Å². The fraction of sp³-hybridized carbons (Fsp3) is 0.111. The Morgan fingerprint density at radius 3 is 2.03 bits per heavy atom. The molecule has 4 aromatic rings. The van der Waals surface area contributed by atoms with Gasteiger partial charge >= 0.3 is 0 Å². The summed E-state index contributed by atoms with van der Waals surface area (Å²) < 4.78 is 0. The van der Waals surface area contributed by atoms with Crippen molar-refractivity contribution >= 4 is 23.0 Å². The minimum atomic E-state index is -1.08. The van der Waals surface area contributed by atoms with Crippen molar-refractivity contribution in [3.63, 3.8) is 0 Å². The van der Waals surface area contributed by atoms with Gasteiger partial charge in [-0.05, 0) is 41.5 Å². The lowest BCUT2D eigenvalue weighted by Crippen LogP contribution is -2.41. The van der Waals surface area contributed by atoms with Crippen LogP contribution in [0.1, 0.15) is 29.2 Å². The highest BCUT2D eigenvalue weighted by Crippen LogP contribution is 2.52. The molecule has 0 spiro atoms. The maximum absolute atomic E-state index is 12.1. The number of nitrogens with zero attached hydrogens (tertiary/aromatic N) is 1. The first kappa shape index (κ1) is 18.9. The van der Waals surface area contributed by atoms with E-state index in [-0.39, 0.29) is 6.04 Å². The van der Waals surface area contributed by atoms with Gasteiger partial charge in [-0.15, -0.1) is 0 Å². The van der Waals surface area contributed by atoms with E-state index in [2.05, 4.69) is 35.2 Å². The Bertz CT molecular complexity index is 1140. The summed E-state index contributed by atoms with van der Waals surface area (Å²) in [6.07, 6.45) is 0.542. The molecule has 0 bridgehead atoms. The first-order chi connectivity index (χ1) is 14.7. The van der Waals surface area contributed by atoms with E-state index in [1.807, 2.05) is 78.9 Å². The molecule has 30 heavy (non-hydrogen) atoms. The van der Waals surface area contributed by atoms with E-state index in [0.717, 1.165) is 28.1 Å². The molecule has 2 nitrogen and oxygen atoms in total. The number of hydrogen-bond donors (Lipinski definition) is 1. The van der Waals surface area contributed by atoms with Gasteiger partial charge in [-0.3, -0.25) is 0 Å². The van der Waals surface area contributed by atoms with E-state index < -0.39 is 5.60 Å². The Hall–Kier alpha value is -3.07. The molecule has 3 heteroatoms. The Balaban J connectivity index is 1.75. The quantitative estimate of drug-likeness (QED) is 0.398. The summed E-state index contributed by atoms with van der Waals surface area (Å²) in [4.78, 5) is 2.32. The zero-order chi connectivity index (χ0) is 20.6. The average molecular weight is 412 g/mol. The monoisotopic (exact) mass is 411 g/mol. The van der Waals surface area contributed by atoms with Crippen molar-refractivity contribution in [1.29, 1.82) is 0 Å². The van der Waals surface area contributed by atoms with E-state index in [4.69, 9.17) is 11.6 Å². The molecule has 0 fully saturated rings. The molecule has 4 aromatic carbocycles. The number of anilines is 2. The predicted octanol–water partition coefficient (Wildman–Crippen LogP) is 6.86. The minimum absolute atomic E-state index is 0.0347. The van der Waals surface area contributed by atoms with Gasteiger partial charge in [-0.1, -0.05) is 90.5 Å². The van der Waals surface area contributed by atoms with Crippen LogP contribution in [-0.2, 0) is 5.60 Å². The van der Waals surface area contributed by atoms with E-state index in [9.17, 15) is 5.11 Å². The van der Waals surface area contributed by atoms with E-state index in [0.29, 0.717) is 11.4 Å². The second kappa shape index (κ2) is 7.64. The smallest absolute Gasteiger partial charge is 0.119 e. The van der Waals surface area contributed by atoms with Crippen molar-refractivity contribution in [2.45, 2.75) is 18.1 Å². The number of fused-ring (bicyclic) bond motifs is 1. The molecule has 1 aliphatic heterocycles. The lowest BCUT2D eigenvalue weighted by molar-refractivity contribution is 0.0578. The Morgan fingerprint density at radius 2 is 1.33 bits per heavy atom. The number of benzene rings is 4. The van der Waals surface area contributed by atoms with Crippen LogP contribution >= 0.6 is 11.6 Å². The summed E-state index contributed by atoms with van der Waals surface area (Å²) in [7, 11) is 0. The van der Waals surface area contributed by atoms with Gasteiger partial charge in [0, 0.05) is 28.4 Å². The van der Waals surface area contributed by atoms with E-state index in [1.165, 1.54) is 0 Å². The van der Waals surface area contributed by atoms with Crippen LogP contribution in [-0.4, -0.2) is 5.11 Å². The molecule has 0 saturated carbocycles. The molecule has 1 N–H and O–H groups in total. The topological polar surface area (TPSA) is 23.5 Å². The third-order valence-corrected chi connectivity index (χ3v) is 6.20. The van der Waals surface area contributed by atoms with Crippen LogP contribution in [0.2, 0.25) is 5.02 Å². The summed E-state index contributed by atoms with van der Waals surface area (Å²) >= 11 is 6.17. The fourth-order valence-electron chi connectivity index (χ4n) is 4.53. The molecule has 1 heterocycles. The molecule has 0 aromatic heterocycles. The molecular weight excluding hydrogens is 390 g/mol. The van der Waals surface area contributed by atoms with Gasteiger partial charge < -0.3 is 10.0 Å². The second-order valence-electron chi connectivity index (χ2n) is 7.72. The van der Waals surface area contributed by atoms with Crippen molar-refractivity contribution in [1.82, 2.24) is 0 Å². The van der Waals surface area contributed by atoms with Gasteiger partial charge in [-0.25, -0.2) is 0 Å². The van der Waals surface area contributed by atoms with Gasteiger partial charge in [0.25, 0.3) is 0 Å². The highest BCUT2D eigenvalue weighted by atomic mass is 35.5. The van der Waals surface area contributed by atoms with Crippen LogP contribution in [0, 0.1) is 0 Å².